The number of methoxy groups -OCH3 is 1. The summed E-state index contributed by atoms with van der Waals surface area (Å²) in [7, 11) is 3.81. The summed E-state index contributed by atoms with van der Waals surface area (Å²) >= 11 is 4.25. The van der Waals surface area contributed by atoms with Crippen LogP contribution in [0.2, 0.25) is 0 Å². The standard InChI is InChI=1S/C15H19NOS/c1-16(8-3-9-18)14-6-4-13-11-15(17-2)7-5-12(13)10-14/h4-7,10-11,18H,3,8-9H2,1-2H3. The van der Waals surface area contributed by atoms with Crippen molar-refractivity contribution in [1.29, 1.82) is 0 Å². The van der Waals surface area contributed by atoms with Crippen LogP contribution in [0.1, 0.15) is 6.42 Å². The van der Waals surface area contributed by atoms with Gasteiger partial charge in [-0.2, -0.15) is 12.6 Å². The molecule has 0 radical (unpaired) electrons. The number of rotatable bonds is 5. The second-order valence-corrected chi connectivity index (χ2v) is 4.84. The summed E-state index contributed by atoms with van der Waals surface area (Å²) in [6.07, 6.45) is 1.10. The lowest BCUT2D eigenvalue weighted by molar-refractivity contribution is 0.415. The maximum absolute atomic E-state index is 5.23. The van der Waals surface area contributed by atoms with Gasteiger partial charge in [-0.3, -0.25) is 0 Å². The molecule has 0 atom stereocenters. The van der Waals surface area contributed by atoms with E-state index in [9.17, 15) is 0 Å². The summed E-state index contributed by atoms with van der Waals surface area (Å²) in [6, 6.07) is 12.7. The van der Waals surface area contributed by atoms with Crippen molar-refractivity contribution >= 4 is 29.1 Å². The highest BCUT2D eigenvalue weighted by atomic mass is 32.1. The first-order valence-electron chi connectivity index (χ1n) is 6.14. The molecule has 0 unspecified atom stereocenters. The third-order valence-electron chi connectivity index (χ3n) is 3.12. The first-order chi connectivity index (χ1) is 8.74. The largest absolute Gasteiger partial charge is 0.497 e. The van der Waals surface area contributed by atoms with Crippen LogP contribution in [0.25, 0.3) is 10.8 Å². The Bertz CT molecular complexity index is 527. The van der Waals surface area contributed by atoms with Crippen LogP contribution in [-0.2, 0) is 0 Å². The molecule has 2 rings (SSSR count). The van der Waals surface area contributed by atoms with Crippen LogP contribution in [-0.4, -0.2) is 26.5 Å². The summed E-state index contributed by atoms with van der Waals surface area (Å²) < 4.78 is 5.23. The van der Waals surface area contributed by atoms with Crippen LogP contribution < -0.4 is 9.64 Å². The fourth-order valence-corrected chi connectivity index (χ4v) is 2.15. The monoisotopic (exact) mass is 261 g/mol. The van der Waals surface area contributed by atoms with Crippen LogP contribution in [0.3, 0.4) is 0 Å². The van der Waals surface area contributed by atoms with Gasteiger partial charge in [0.1, 0.15) is 5.75 Å². The van der Waals surface area contributed by atoms with Crippen molar-refractivity contribution in [3.63, 3.8) is 0 Å². The Hall–Kier alpha value is -1.35. The number of thiol groups is 1. The van der Waals surface area contributed by atoms with E-state index in [2.05, 4.69) is 54.9 Å². The first kappa shape index (κ1) is 13.1. The molecule has 0 N–H and O–H groups in total. The van der Waals surface area contributed by atoms with Gasteiger partial charge in [0, 0.05) is 19.3 Å². The molecule has 0 saturated carbocycles. The summed E-state index contributed by atoms with van der Waals surface area (Å²) in [4.78, 5) is 2.26. The van der Waals surface area contributed by atoms with Gasteiger partial charge in [0.05, 0.1) is 7.11 Å². The van der Waals surface area contributed by atoms with Gasteiger partial charge >= 0.3 is 0 Å². The topological polar surface area (TPSA) is 12.5 Å². The van der Waals surface area contributed by atoms with Gasteiger partial charge < -0.3 is 9.64 Å². The minimum atomic E-state index is 0.902. The Morgan fingerprint density at radius 3 is 2.56 bits per heavy atom. The molecule has 3 heteroatoms. The number of hydrogen-bond acceptors (Lipinski definition) is 3. The van der Waals surface area contributed by atoms with Crippen LogP contribution >= 0.6 is 12.6 Å². The van der Waals surface area contributed by atoms with Crippen LogP contribution in [0.5, 0.6) is 5.75 Å². The fraction of sp³-hybridized carbons (Fsp3) is 0.333. The van der Waals surface area contributed by atoms with Crippen LogP contribution in [0, 0.1) is 0 Å². The lowest BCUT2D eigenvalue weighted by Crippen LogP contribution is -2.18. The number of anilines is 1. The zero-order valence-electron chi connectivity index (χ0n) is 10.9. The fourth-order valence-electron chi connectivity index (χ4n) is 2.01. The Morgan fingerprint density at radius 2 is 1.83 bits per heavy atom. The van der Waals surface area contributed by atoms with Crippen LogP contribution in [0.15, 0.2) is 36.4 Å². The highest BCUT2D eigenvalue weighted by Gasteiger charge is 2.02. The van der Waals surface area contributed by atoms with E-state index in [-0.39, 0.29) is 0 Å². The van der Waals surface area contributed by atoms with E-state index in [0.717, 1.165) is 24.5 Å². The van der Waals surface area contributed by atoms with Crippen molar-refractivity contribution in [2.24, 2.45) is 0 Å². The van der Waals surface area contributed by atoms with E-state index < -0.39 is 0 Å². The molecule has 18 heavy (non-hydrogen) atoms. The molecule has 0 heterocycles. The molecule has 2 nitrogen and oxygen atoms in total. The van der Waals surface area contributed by atoms with Gasteiger partial charge in [0.25, 0.3) is 0 Å². The molecule has 2 aromatic carbocycles. The molecular weight excluding hydrogens is 242 g/mol. The lowest BCUT2D eigenvalue weighted by atomic mass is 10.1. The third kappa shape index (κ3) is 2.91. The molecule has 0 bridgehead atoms. The van der Waals surface area contributed by atoms with Gasteiger partial charge in [0.15, 0.2) is 0 Å². The molecule has 0 aliphatic rings. The number of hydrogen-bond donors (Lipinski definition) is 1. The smallest absolute Gasteiger partial charge is 0.119 e. The quantitative estimate of drug-likeness (QED) is 0.826. The number of benzene rings is 2. The van der Waals surface area contributed by atoms with Crippen molar-refractivity contribution in [3.05, 3.63) is 36.4 Å². The second kappa shape index (κ2) is 6.01. The molecule has 0 aromatic heterocycles. The Kier molecular flexibility index (Phi) is 4.37. The van der Waals surface area contributed by atoms with Gasteiger partial charge in [0.2, 0.25) is 0 Å². The summed E-state index contributed by atoms with van der Waals surface area (Å²) in [5.74, 6) is 1.83. The molecule has 0 amide bonds. The van der Waals surface area contributed by atoms with Gasteiger partial charge in [-0.15, -0.1) is 0 Å². The Morgan fingerprint density at radius 1 is 1.11 bits per heavy atom. The highest BCUT2D eigenvalue weighted by molar-refractivity contribution is 7.80. The third-order valence-corrected chi connectivity index (χ3v) is 3.44. The van der Waals surface area contributed by atoms with Gasteiger partial charge in [-0.05, 0) is 47.2 Å². The van der Waals surface area contributed by atoms with Gasteiger partial charge in [-0.1, -0.05) is 12.1 Å². The summed E-state index contributed by atoms with van der Waals surface area (Å²) in [6.45, 7) is 1.03. The van der Waals surface area contributed by atoms with Crippen molar-refractivity contribution in [2.45, 2.75) is 6.42 Å². The molecule has 0 saturated heterocycles. The van der Waals surface area contributed by atoms with Gasteiger partial charge in [-0.25, -0.2) is 0 Å². The average molecular weight is 261 g/mol. The minimum absolute atomic E-state index is 0.902. The number of ether oxygens (including phenoxy) is 1. The van der Waals surface area contributed by atoms with E-state index >= 15 is 0 Å². The first-order valence-corrected chi connectivity index (χ1v) is 6.77. The lowest BCUT2D eigenvalue weighted by Gasteiger charge is -2.19. The van der Waals surface area contributed by atoms with E-state index in [1.165, 1.54) is 16.5 Å². The Labute approximate surface area is 114 Å². The second-order valence-electron chi connectivity index (χ2n) is 4.40. The van der Waals surface area contributed by atoms with E-state index in [0.29, 0.717) is 0 Å². The molecule has 0 aliphatic heterocycles. The molecular formula is C15H19NOS. The minimum Gasteiger partial charge on any atom is -0.497 e. The Balaban J connectivity index is 2.27. The molecule has 0 spiro atoms. The SMILES string of the molecule is COc1ccc2cc(N(C)CCCS)ccc2c1. The zero-order chi connectivity index (χ0) is 13.0. The highest BCUT2D eigenvalue weighted by Crippen LogP contribution is 2.25. The van der Waals surface area contributed by atoms with E-state index in [1.807, 2.05) is 6.07 Å². The van der Waals surface area contributed by atoms with Crippen molar-refractivity contribution in [3.8, 4) is 5.75 Å². The van der Waals surface area contributed by atoms with Crippen molar-refractivity contribution < 1.29 is 4.74 Å². The average Bonchev–Trinajstić information content (AvgIpc) is 2.43. The number of fused-ring (bicyclic) bond motifs is 1. The predicted molar refractivity (Wildman–Crippen MR) is 82.2 cm³/mol. The summed E-state index contributed by atoms with van der Waals surface area (Å²) in [5.41, 5.74) is 1.24. The maximum Gasteiger partial charge on any atom is 0.119 e. The van der Waals surface area contributed by atoms with Crippen LogP contribution in [0.4, 0.5) is 5.69 Å². The molecule has 0 aliphatic carbocycles. The maximum atomic E-state index is 5.23. The predicted octanol–water partition coefficient (Wildman–Crippen LogP) is 3.60. The van der Waals surface area contributed by atoms with Crippen molar-refractivity contribution in [2.75, 3.05) is 31.4 Å². The normalized spacial score (nSPS) is 10.6. The van der Waals surface area contributed by atoms with Crippen molar-refractivity contribution in [1.82, 2.24) is 0 Å². The van der Waals surface area contributed by atoms with E-state index in [1.54, 1.807) is 7.11 Å². The molecule has 2 aromatic rings. The van der Waals surface area contributed by atoms with E-state index in [4.69, 9.17) is 4.74 Å². The zero-order valence-corrected chi connectivity index (χ0v) is 11.8. The molecule has 96 valence electrons. The summed E-state index contributed by atoms with van der Waals surface area (Å²) in [5, 5.41) is 2.45. The molecule has 0 fully saturated rings. The number of nitrogens with zero attached hydrogens (tertiary/aromatic N) is 1.